The predicted molar refractivity (Wildman–Crippen MR) is 80.5 cm³/mol. The van der Waals surface area contributed by atoms with E-state index in [0.29, 0.717) is 17.9 Å². The number of hydrogen-bond acceptors (Lipinski definition) is 4. The van der Waals surface area contributed by atoms with Gasteiger partial charge in [-0.1, -0.05) is 12.8 Å². The van der Waals surface area contributed by atoms with Crippen molar-refractivity contribution in [3.05, 3.63) is 46.4 Å². The lowest BCUT2D eigenvalue weighted by Gasteiger charge is -2.28. The first-order valence-corrected chi connectivity index (χ1v) is 7.41. The highest BCUT2D eigenvalue weighted by Gasteiger charge is 2.25. The maximum Gasteiger partial charge on any atom is 0.261 e. The Bertz CT molecular complexity index is 705. The smallest absolute Gasteiger partial charge is 0.261 e. The van der Waals surface area contributed by atoms with E-state index in [1.165, 1.54) is 12.3 Å². The van der Waals surface area contributed by atoms with Gasteiger partial charge in [0.05, 0.1) is 24.1 Å². The number of carbonyl (C=O) groups is 1. The van der Waals surface area contributed by atoms with Gasteiger partial charge in [0, 0.05) is 0 Å². The van der Waals surface area contributed by atoms with Crippen molar-refractivity contribution in [1.29, 1.82) is 0 Å². The molecule has 2 atom stereocenters. The lowest BCUT2D eigenvalue weighted by atomic mass is 9.92. The fourth-order valence-electron chi connectivity index (χ4n) is 2.75. The normalized spacial score (nSPS) is 21.5. The predicted octanol–water partition coefficient (Wildman–Crippen LogP) is 1.67. The summed E-state index contributed by atoms with van der Waals surface area (Å²) in [5, 5.41) is 12.6. The zero-order chi connectivity index (χ0) is 15.5. The Morgan fingerprint density at radius 2 is 2.09 bits per heavy atom. The molecule has 6 nitrogen and oxygen atoms in total. The van der Waals surface area contributed by atoms with Gasteiger partial charge < -0.3 is 19.8 Å². The topological polar surface area (TPSA) is 95.3 Å². The maximum atomic E-state index is 12.2. The Balaban J connectivity index is 1.77. The first kappa shape index (κ1) is 14.6. The summed E-state index contributed by atoms with van der Waals surface area (Å²) in [7, 11) is 0. The second-order valence-corrected chi connectivity index (χ2v) is 5.52. The highest BCUT2D eigenvalue weighted by Crippen LogP contribution is 2.19. The van der Waals surface area contributed by atoms with Crippen LogP contribution in [0, 0.1) is 0 Å². The lowest BCUT2D eigenvalue weighted by Crippen LogP contribution is -2.46. The van der Waals surface area contributed by atoms with Crippen molar-refractivity contribution < 1.29 is 14.3 Å². The van der Waals surface area contributed by atoms with Gasteiger partial charge >= 0.3 is 0 Å². The minimum absolute atomic E-state index is 0.0353. The Labute approximate surface area is 127 Å². The van der Waals surface area contributed by atoms with Crippen molar-refractivity contribution in [3.8, 4) is 11.5 Å². The van der Waals surface area contributed by atoms with Gasteiger partial charge in [-0.25, -0.2) is 0 Å². The van der Waals surface area contributed by atoms with Crippen molar-refractivity contribution in [1.82, 2.24) is 10.3 Å². The fourth-order valence-corrected chi connectivity index (χ4v) is 2.75. The molecule has 1 aliphatic carbocycles. The Morgan fingerprint density at radius 1 is 1.27 bits per heavy atom. The molecule has 6 heteroatoms. The molecule has 1 amide bonds. The summed E-state index contributed by atoms with van der Waals surface area (Å²) in [5.74, 6) is 0.0740. The summed E-state index contributed by atoms with van der Waals surface area (Å²) in [4.78, 5) is 26.9. The summed E-state index contributed by atoms with van der Waals surface area (Å²) in [5.41, 5.74) is 0.0778. The molecule has 116 valence electrons. The SMILES string of the molecule is O=C(NC1CCCCC1O)c1ccc(-c2ccco2)[nH]c1=O. The molecule has 0 radical (unpaired) electrons. The minimum atomic E-state index is -0.542. The number of carbonyl (C=O) groups excluding carboxylic acids is 1. The van der Waals surface area contributed by atoms with Gasteiger partial charge in [-0.3, -0.25) is 9.59 Å². The van der Waals surface area contributed by atoms with E-state index in [1.54, 1.807) is 18.2 Å². The molecule has 2 aromatic rings. The Kier molecular flexibility index (Phi) is 4.11. The van der Waals surface area contributed by atoms with E-state index in [1.807, 2.05) is 0 Å². The average Bonchev–Trinajstić information content (AvgIpc) is 3.03. The summed E-state index contributed by atoms with van der Waals surface area (Å²) >= 11 is 0. The van der Waals surface area contributed by atoms with Crippen LogP contribution in [0.25, 0.3) is 11.5 Å². The third-order valence-corrected chi connectivity index (χ3v) is 3.99. The highest BCUT2D eigenvalue weighted by atomic mass is 16.3. The molecule has 0 spiro atoms. The van der Waals surface area contributed by atoms with E-state index in [2.05, 4.69) is 10.3 Å². The molecule has 2 heterocycles. The number of H-pyrrole nitrogens is 1. The van der Waals surface area contributed by atoms with Crippen molar-refractivity contribution in [3.63, 3.8) is 0 Å². The maximum absolute atomic E-state index is 12.2. The highest BCUT2D eigenvalue weighted by molar-refractivity contribution is 5.94. The van der Waals surface area contributed by atoms with Crippen LogP contribution in [0.4, 0.5) is 0 Å². The monoisotopic (exact) mass is 302 g/mol. The van der Waals surface area contributed by atoms with Gasteiger partial charge in [0.1, 0.15) is 11.3 Å². The molecular weight excluding hydrogens is 284 g/mol. The summed E-state index contributed by atoms with van der Waals surface area (Å²) in [6.07, 6.45) is 4.31. The molecule has 2 aromatic heterocycles. The summed E-state index contributed by atoms with van der Waals surface area (Å²) in [6.45, 7) is 0. The number of furan rings is 1. The molecule has 1 fully saturated rings. The van der Waals surface area contributed by atoms with Gasteiger partial charge in [-0.2, -0.15) is 0 Å². The average molecular weight is 302 g/mol. The quantitative estimate of drug-likeness (QED) is 0.803. The number of aromatic amines is 1. The Morgan fingerprint density at radius 3 is 2.77 bits per heavy atom. The molecule has 22 heavy (non-hydrogen) atoms. The van der Waals surface area contributed by atoms with Crippen LogP contribution in [0.1, 0.15) is 36.0 Å². The van der Waals surface area contributed by atoms with Gasteiger partial charge in [-0.15, -0.1) is 0 Å². The number of pyridine rings is 1. The van der Waals surface area contributed by atoms with Crippen LogP contribution in [0.3, 0.4) is 0 Å². The third-order valence-electron chi connectivity index (χ3n) is 3.99. The van der Waals surface area contributed by atoms with Gasteiger partial charge in [-0.05, 0) is 37.1 Å². The van der Waals surface area contributed by atoms with Crippen LogP contribution in [-0.4, -0.2) is 28.1 Å². The standard InChI is InChI=1S/C16H18N2O4/c19-13-5-2-1-4-11(13)17-15(20)10-7-8-12(18-16(10)21)14-6-3-9-22-14/h3,6-9,11,13,19H,1-2,4-5H2,(H,17,20)(H,18,21). The first-order valence-electron chi connectivity index (χ1n) is 7.41. The van der Waals surface area contributed by atoms with Crippen molar-refractivity contribution in [2.75, 3.05) is 0 Å². The summed E-state index contributed by atoms with van der Waals surface area (Å²) < 4.78 is 5.21. The van der Waals surface area contributed by atoms with Crippen LogP contribution in [0.2, 0.25) is 0 Å². The second kappa shape index (κ2) is 6.19. The number of aromatic nitrogens is 1. The summed E-state index contributed by atoms with van der Waals surface area (Å²) in [6, 6.07) is 6.26. The van der Waals surface area contributed by atoms with E-state index >= 15 is 0 Å². The minimum Gasteiger partial charge on any atom is -0.463 e. The lowest BCUT2D eigenvalue weighted by molar-refractivity contribution is 0.0716. The zero-order valence-electron chi connectivity index (χ0n) is 12.0. The number of aliphatic hydroxyl groups is 1. The van der Waals surface area contributed by atoms with Gasteiger partial charge in [0.2, 0.25) is 0 Å². The van der Waals surface area contributed by atoms with Gasteiger partial charge in [0.25, 0.3) is 11.5 Å². The van der Waals surface area contributed by atoms with E-state index in [9.17, 15) is 14.7 Å². The van der Waals surface area contributed by atoms with Crippen LogP contribution >= 0.6 is 0 Å². The number of nitrogens with one attached hydrogen (secondary N) is 2. The zero-order valence-corrected chi connectivity index (χ0v) is 12.0. The number of hydrogen-bond donors (Lipinski definition) is 3. The number of rotatable bonds is 3. The van der Waals surface area contributed by atoms with E-state index in [4.69, 9.17) is 4.42 Å². The fraction of sp³-hybridized carbons (Fsp3) is 0.375. The van der Waals surface area contributed by atoms with Crippen LogP contribution in [0.5, 0.6) is 0 Å². The van der Waals surface area contributed by atoms with E-state index in [0.717, 1.165) is 19.3 Å². The van der Waals surface area contributed by atoms with Crippen molar-refractivity contribution in [2.45, 2.75) is 37.8 Å². The van der Waals surface area contributed by atoms with Crippen molar-refractivity contribution >= 4 is 5.91 Å². The van der Waals surface area contributed by atoms with Gasteiger partial charge in [0.15, 0.2) is 0 Å². The molecular formula is C16H18N2O4. The van der Waals surface area contributed by atoms with E-state index < -0.39 is 17.6 Å². The van der Waals surface area contributed by atoms with E-state index in [-0.39, 0.29) is 11.6 Å². The molecule has 3 rings (SSSR count). The van der Waals surface area contributed by atoms with Crippen LogP contribution < -0.4 is 10.9 Å². The molecule has 1 saturated carbocycles. The molecule has 1 aliphatic rings. The molecule has 2 unspecified atom stereocenters. The largest absolute Gasteiger partial charge is 0.463 e. The molecule has 0 aromatic carbocycles. The molecule has 0 aliphatic heterocycles. The second-order valence-electron chi connectivity index (χ2n) is 5.52. The first-order chi connectivity index (χ1) is 10.6. The van der Waals surface area contributed by atoms with Crippen molar-refractivity contribution in [2.24, 2.45) is 0 Å². The third kappa shape index (κ3) is 2.96. The number of amides is 1. The Hall–Kier alpha value is -2.34. The molecule has 3 N–H and O–H groups in total. The van der Waals surface area contributed by atoms with Crippen LogP contribution in [-0.2, 0) is 0 Å². The van der Waals surface area contributed by atoms with Crippen LogP contribution in [0.15, 0.2) is 39.7 Å². The molecule has 0 bridgehead atoms. The molecule has 0 saturated heterocycles. The number of aliphatic hydroxyl groups excluding tert-OH is 1.